The normalized spacial score (nSPS) is 21.3. The maximum atomic E-state index is 11.5. The van der Waals surface area contributed by atoms with Gasteiger partial charge in [0.05, 0.1) is 12.5 Å². The highest BCUT2D eigenvalue weighted by atomic mass is 35.5. The SMILES string of the molecule is O=C1Cc2cc(C(O)C3CCCCCCC3)c(Cl)cc2N1. The van der Waals surface area contributed by atoms with Gasteiger partial charge in [0, 0.05) is 10.7 Å². The van der Waals surface area contributed by atoms with Gasteiger partial charge in [-0.1, -0.05) is 43.7 Å². The van der Waals surface area contributed by atoms with Crippen LogP contribution in [0.25, 0.3) is 0 Å². The van der Waals surface area contributed by atoms with E-state index in [1.807, 2.05) is 6.07 Å². The Kier molecular flexibility index (Phi) is 4.51. The minimum atomic E-state index is -0.517. The van der Waals surface area contributed by atoms with E-state index >= 15 is 0 Å². The van der Waals surface area contributed by atoms with Gasteiger partial charge in [-0.15, -0.1) is 0 Å². The Balaban J connectivity index is 1.82. The molecule has 1 aliphatic carbocycles. The summed E-state index contributed by atoms with van der Waals surface area (Å²) in [6.45, 7) is 0. The molecule has 1 aromatic carbocycles. The second-order valence-corrected chi connectivity index (χ2v) is 6.71. The van der Waals surface area contributed by atoms with Crippen molar-refractivity contribution in [2.45, 2.75) is 57.5 Å². The molecule has 0 bridgehead atoms. The number of aliphatic hydroxyl groups is 1. The molecule has 0 spiro atoms. The molecule has 21 heavy (non-hydrogen) atoms. The van der Waals surface area contributed by atoms with Crippen LogP contribution < -0.4 is 5.32 Å². The first-order chi connectivity index (χ1) is 10.1. The van der Waals surface area contributed by atoms with Crippen molar-refractivity contribution in [3.63, 3.8) is 0 Å². The Morgan fingerprint density at radius 3 is 2.52 bits per heavy atom. The molecule has 1 saturated carbocycles. The van der Waals surface area contributed by atoms with Crippen LogP contribution in [-0.4, -0.2) is 11.0 Å². The van der Waals surface area contributed by atoms with E-state index in [0.29, 0.717) is 11.4 Å². The molecule has 2 N–H and O–H groups in total. The second-order valence-electron chi connectivity index (χ2n) is 6.31. The van der Waals surface area contributed by atoms with E-state index in [9.17, 15) is 9.90 Å². The quantitative estimate of drug-likeness (QED) is 0.859. The predicted octanol–water partition coefficient (Wildman–Crippen LogP) is 4.23. The fourth-order valence-electron chi connectivity index (χ4n) is 3.55. The van der Waals surface area contributed by atoms with Crippen molar-refractivity contribution in [3.8, 4) is 0 Å². The molecule has 1 amide bonds. The molecule has 0 aromatic heterocycles. The summed E-state index contributed by atoms with van der Waals surface area (Å²) in [6.07, 6.45) is 8.20. The number of nitrogens with one attached hydrogen (secondary N) is 1. The topological polar surface area (TPSA) is 49.3 Å². The third-order valence-electron chi connectivity index (χ3n) is 4.76. The molecule has 114 valence electrons. The molecule has 2 aliphatic rings. The number of benzene rings is 1. The summed E-state index contributed by atoms with van der Waals surface area (Å²) < 4.78 is 0. The molecule has 1 heterocycles. The number of halogens is 1. The zero-order valence-electron chi connectivity index (χ0n) is 12.2. The van der Waals surface area contributed by atoms with E-state index < -0.39 is 6.10 Å². The van der Waals surface area contributed by atoms with E-state index in [2.05, 4.69) is 5.32 Å². The number of anilines is 1. The highest BCUT2D eigenvalue weighted by molar-refractivity contribution is 6.32. The van der Waals surface area contributed by atoms with Gasteiger partial charge in [0.1, 0.15) is 0 Å². The lowest BCUT2D eigenvalue weighted by atomic mass is 9.84. The fourth-order valence-corrected chi connectivity index (χ4v) is 3.83. The number of fused-ring (bicyclic) bond motifs is 1. The smallest absolute Gasteiger partial charge is 0.228 e. The first kappa shape index (κ1) is 14.9. The van der Waals surface area contributed by atoms with Crippen LogP contribution in [-0.2, 0) is 11.2 Å². The minimum Gasteiger partial charge on any atom is -0.388 e. The second kappa shape index (κ2) is 6.37. The summed E-state index contributed by atoms with van der Waals surface area (Å²) in [7, 11) is 0. The number of hydrogen-bond acceptors (Lipinski definition) is 2. The summed E-state index contributed by atoms with van der Waals surface area (Å²) in [5.41, 5.74) is 2.53. The average Bonchev–Trinajstić information content (AvgIpc) is 2.76. The van der Waals surface area contributed by atoms with Crippen LogP contribution in [0.15, 0.2) is 12.1 Å². The fraction of sp³-hybridized carbons (Fsp3) is 0.588. The lowest BCUT2D eigenvalue weighted by molar-refractivity contribution is -0.115. The molecular weight excluding hydrogens is 286 g/mol. The van der Waals surface area contributed by atoms with Crippen LogP contribution in [0, 0.1) is 5.92 Å². The number of carbonyl (C=O) groups excluding carboxylic acids is 1. The molecular formula is C17H22ClNO2. The number of carbonyl (C=O) groups is 1. The lowest BCUT2D eigenvalue weighted by Crippen LogP contribution is -2.15. The number of hydrogen-bond donors (Lipinski definition) is 2. The van der Waals surface area contributed by atoms with Crippen molar-refractivity contribution in [3.05, 3.63) is 28.3 Å². The molecule has 1 aliphatic heterocycles. The van der Waals surface area contributed by atoms with Gasteiger partial charge in [-0.2, -0.15) is 0 Å². The zero-order valence-corrected chi connectivity index (χ0v) is 13.0. The third kappa shape index (κ3) is 3.24. The number of amides is 1. The molecule has 4 heteroatoms. The number of aliphatic hydroxyl groups excluding tert-OH is 1. The number of rotatable bonds is 2. The first-order valence-electron chi connectivity index (χ1n) is 7.95. The van der Waals surface area contributed by atoms with Crippen LogP contribution in [0.5, 0.6) is 0 Å². The predicted molar refractivity (Wildman–Crippen MR) is 84.6 cm³/mol. The van der Waals surface area contributed by atoms with Crippen molar-refractivity contribution < 1.29 is 9.90 Å². The Morgan fingerprint density at radius 1 is 1.14 bits per heavy atom. The Hall–Kier alpha value is -1.06. The standard InChI is InChI=1S/C17H22ClNO2/c18-14-10-15-12(9-16(20)19-15)8-13(14)17(21)11-6-4-2-1-3-5-7-11/h8,10-11,17,21H,1-7,9H2,(H,19,20). The first-order valence-corrected chi connectivity index (χ1v) is 8.33. The molecule has 0 saturated heterocycles. The van der Waals surface area contributed by atoms with E-state index in [1.165, 1.54) is 32.1 Å². The van der Waals surface area contributed by atoms with Crippen LogP contribution in [0.4, 0.5) is 5.69 Å². The van der Waals surface area contributed by atoms with Crippen molar-refractivity contribution in [1.29, 1.82) is 0 Å². The van der Waals surface area contributed by atoms with Gasteiger partial charge in [-0.3, -0.25) is 4.79 Å². The van der Waals surface area contributed by atoms with Crippen molar-refractivity contribution in [2.24, 2.45) is 5.92 Å². The zero-order chi connectivity index (χ0) is 14.8. The van der Waals surface area contributed by atoms with Gasteiger partial charge in [0.25, 0.3) is 0 Å². The monoisotopic (exact) mass is 307 g/mol. The summed E-state index contributed by atoms with van der Waals surface area (Å²) in [5, 5.41) is 14.1. The van der Waals surface area contributed by atoms with E-state index in [-0.39, 0.29) is 11.8 Å². The summed E-state index contributed by atoms with van der Waals surface area (Å²) >= 11 is 6.33. The summed E-state index contributed by atoms with van der Waals surface area (Å²) in [4.78, 5) is 11.5. The Bertz CT molecular complexity index is 536. The van der Waals surface area contributed by atoms with Crippen molar-refractivity contribution in [1.82, 2.24) is 0 Å². The largest absolute Gasteiger partial charge is 0.388 e. The molecule has 3 nitrogen and oxygen atoms in total. The molecule has 0 radical (unpaired) electrons. The van der Waals surface area contributed by atoms with Gasteiger partial charge in [-0.25, -0.2) is 0 Å². The summed E-state index contributed by atoms with van der Waals surface area (Å²) in [5.74, 6) is 0.282. The molecule has 1 aromatic rings. The highest BCUT2D eigenvalue weighted by Gasteiger charge is 2.26. The average molecular weight is 308 g/mol. The van der Waals surface area contributed by atoms with Crippen LogP contribution in [0.1, 0.15) is 62.2 Å². The highest BCUT2D eigenvalue weighted by Crippen LogP contribution is 2.39. The Morgan fingerprint density at radius 2 is 1.81 bits per heavy atom. The lowest BCUT2D eigenvalue weighted by Gasteiger charge is -2.26. The summed E-state index contributed by atoms with van der Waals surface area (Å²) in [6, 6.07) is 3.70. The van der Waals surface area contributed by atoms with Crippen molar-refractivity contribution in [2.75, 3.05) is 5.32 Å². The van der Waals surface area contributed by atoms with Gasteiger partial charge in [0.15, 0.2) is 0 Å². The van der Waals surface area contributed by atoms with Crippen LogP contribution >= 0.6 is 11.6 Å². The van der Waals surface area contributed by atoms with Crippen LogP contribution in [0.2, 0.25) is 5.02 Å². The Labute approximate surface area is 130 Å². The maximum Gasteiger partial charge on any atom is 0.228 e. The third-order valence-corrected chi connectivity index (χ3v) is 5.09. The maximum absolute atomic E-state index is 11.5. The van der Waals surface area contributed by atoms with E-state index in [1.54, 1.807) is 6.07 Å². The van der Waals surface area contributed by atoms with Crippen molar-refractivity contribution >= 4 is 23.2 Å². The van der Waals surface area contributed by atoms with E-state index in [0.717, 1.165) is 29.7 Å². The molecule has 3 rings (SSSR count). The van der Waals surface area contributed by atoms with Gasteiger partial charge >= 0.3 is 0 Å². The molecule has 1 atom stereocenters. The van der Waals surface area contributed by atoms with Crippen LogP contribution in [0.3, 0.4) is 0 Å². The van der Waals surface area contributed by atoms with Gasteiger partial charge in [0.2, 0.25) is 5.91 Å². The molecule has 1 fully saturated rings. The van der Waals surface area contributed by atoms with Gasteiger partial charge in [-0.05, 0) is 42.0 Å². The van der Waals surface area contributed by atoms with E-state index in [4.69, 9.17) is 11.6 Å². The van der Waals surface area contributed by atoms with Gasteiger partial charge < -0.3 is 10.4 Å². The minimum absolute atomic E-state index is 0.00124. The molecule has 1 unspecified atom stereocenters.